The molecular weight excluding hydrogens is 1400 g/mol. The molecule has 2 fully saturated rings. The first kappa shape index (κ1) is 82.0. The van der Waals surface area contributed by atoms with Crippen molar-refractivity contribution < 1.29 is 72.0 Å². The van der Waals surface area contributed by atoms with Gasteiger partial charge in [0.1, 0.15) is 28.8 Å². The molecule has 3 aliphatic carbocycles. The van der Waals surface area contributed by atoms with Gasteiger partial charge in [0.05, 0.1) is 83.0 Å². The Morgan fingerprint density at radius 1 is 0.760 bits per heavy atom. The molecule has 5 aromatic carbocycles. The zero-order valence-electron chi connectivity index (χ0n) is 60.9. The number of ketones is 1. The van der Waals surface area contributed by atoms with E-state index < -0.39 is 24.0 Å². The molecule has 2 aromatic heterocycles. The highest BCUT2D eigenvalue weighted by Gasteiger charge is 2.37. The van der Waals surface area contributed by atoms with Gasteiger partial charge in [0.25, 0.3) is 0 Å². The van der Waals surface area contributed by atoms with Gasteiger partial charge in [-0.2, -0.15) is 9.65 Å². The molecule has 10 rings (SSSR count). The molecule has 0 bridgehead atoms. The van der Waals surface area contributed by atoms with Crippen molar-refractivity contribution in [2.75, 3.05) is 54.4 Å². The summed E-state index contributed by atoms with van der Waals surface area (Å²) in [6.45, 7) is 12.9. The summed E-state index contributed by atoms with van der Waals surface area (Å²) >= 11 is 15.4. The molecule has 2 saturated carbocycles. The smallest absolute Gasteiger partial charge is 0.352 e. The second-order valence-electron chi connectivity index (χ2n) is 27.5. The summed E-state index contributed by atoms with van der Waals surface area (Å²) in [7, 11) is 4.06. The van der Waals surface area contributed by atoms with Crippen LogP contribution in [0, 0.1) is 66.6 Å². The van der Waals surface area contributed by atoms with E-state index in [1.165, 1.54) is 43.8 Å². The lowest BCUT2D eigenvalue weighted by Gasteiger charge is -2.26. The van der Waals surface area contributed by atoms with Crippen molar-refractivity contribution in [2.45, 2.75) is 161 Å². The predicted octanol–water partition coefficient (Wildman–Crippen LogP) is 17.9. The molecule has 0 radical (unpaired) electrons. The fourth-order valence-electron chi connectivity index (χ4n) is 14.0. The van der Waals surface area contributed by atoms with Gasteiger partial charge >= 0.3 is 17.9 Å². The zero-order valence-corrected chi connectivity index (χ0v) is 64.0. The minimum absolute atomic E-state index is 0.0551. The Morgan fingerprint density at radius 2 is 1.48 bits per heavy atom. The lowest BCUT2D eigenvalue weighted by atomic mass is 9.78. The van der Waals surface area contributed by atoms with Gasteiger partial charge in [-0.25, -0.2) is 14.6 Å². The monoisotopic (exact) mass is 1500 g/mol. The Bertz CT molecular complexity index is 4000. The Morgan fingerprint density at radius 3 is 2.16 bits per heavy atom. The number of benzene rings is 5. The number of hydrogen-bond acceptors (Lipinski definition) is 17. The third kappa shape index (κ3) is 23.2. The van der Waals surface area contributed by atoms with E-state index in [1.54, 1.807) is 12.1 Å². The quantitative estimate of drug-likeness (QED) is 0.0193. The number of hydrogen-bond donors (Lipinski definition) is 3. The number of aromatic nitrogens is 1. The van der Waals surface area contributed by atoms with Gasteiger partial charge in [0.15, 0.2) is 9.75 Å². The van der Waals surface area contributed by atoms with E-state index in [1.807, 2.05) is 86.7 Å². The van der Waals surface area contributed by atoms with Crippen LogP contribution in [0.15, 0.2) is 126 Å². The largest absolute Gasteiger partial charge is 0.495 e. The molecule has 558 valence electrons. The number of thiazole rings is 1. The summed E-state index contributed by atoms with van der Waals surface area (Å²) in [4.78, 5) is 51.9. The number of unbranched alkanes of at least 4 members (excludes halogenated alkanes) is 2. The third-order valence-corrected chi connectivity index (χ3v) is 23.3. The SMILES string of the molecule is CCCCCC(O)c1cccc(OC[C@H]2C(Cl)CC[C@@H]2CCCc2nc(F)c(C(=O)OC)s2)c1.COC(=O)CCc1cc(C[C@H]2CCC(=O)[C@@H]2COc2cc(C)c(CCO)c(C)c2)ccc1C#N.COc1cc(COC[C@H]2CC=C(Cl)[C@@H]2COc2ccc(C(C)(C)c3ccccc3)cc2)sc1C(=O)O. The number of Topliss-reactive ketones (excluding diaryl/α,β-unsaturated/α-hetero) is 1. The molecule has 2 unspecified atom stereocenters. The molecule has 0 spiro atoms. The van der Waals surface area contributed by atoms with Crippen LogP contribution in [0.25, 0.3) is 0 Å². The Hall–Kier alpha value is -7.67. The number of aromatic carboxylic acids is 1. The van der Waals surface area contributed by atoms with Crippen molar-refractivity contribution in [3.63, 3.8) is 0 Å². The molecule has 3 aliphatic rings. The Kier molecular flexibility index (Phi) is 32.1. The van der Waals surface area contributed by atoms with Gasteiger partial charge in [-0.3, -0.25) is 9.59 Å². The number of aliphatic hydroxyl groups excluding tert-OH is 2. The van der Waals surface area contributed by atoms with Gasteiger partial charge in [0, 0.05) is 52.0 Å². The number of esters is 2. The number of nitriles is 1. The Labute approximate surface area is 629 Å². The van der Waals surface area contributed by atoms with E-state index >= 15 is 0 Å². The van der Waals surface area contributed by atoms with Gasteiger partial charge in [-0.1, -0.05) is 124 Å². The standard InChI is InChI=1S/C29H31ClO5S.C28H33NO5.C26H35ClFNO4S/c1-29(2,20-7-5-4-6-8-20)21-10-12-22(13-11-21)35-18-24-19(9-14-25(24)30)16-34-17-23-15-26(33-3)27(36-23)28(31)32;1-18-12-24(13-19(2)25(18)10-11-30)34-17-26-22(6-8-27(26)31)15-20-4-5-23(16-29)21(14-20)7-9-28(32)33-3;1-3-4-5-11-22(30)18-9-6-10-19(15-18)33-16-20-17(13-14-21(20)27)8-7-12-23-29-25(28)24(34-23)26(31)32-2/h4-8,10-15,19,24H,9,16-18H2,1-3H3,(H,31,32);4-5,12-14,22,26,30H,6-11,15,17H2,1-3H3;6,9-10,15,17,20-22,30H,3-5,7-8,11-14,16H2,1-2H3/t19-,24-;22-,26-;17-,20+,21?,22?/m110/s1. The summed E-state index contributed by atoms with van der Waals surface area (Å²) in [5.41, 5.74) is 9.02. The molecule has 3 N–H and O–H groups in total. The van der Waals surface area contributed by atoms with E-state index in [9.17, 15) is 44.2 Å². The summed E-state index contributed by atoms with van der Waals surface area (Å²) in [5, 5.41) is 39.9. The maximum atomic E-state index is 13.9. The van der Waals surface area contributed by atoms with Crippen LogP contribution in [0.5, 0.6) is 23.0 Å². The van der Waals surface area contributed by atoms with Crippen LogP contribution < -0.4 is 18.9 Å². The lowest BCUT2D eigenvalue weighted by Crippen LogP contribution is -2.24. The van der Waals surface area contributed by atoms with Crippen LogP contribution in [-0.4, -0.2) is 104 Å². The first-order valence-corrected chi connectivity index (χ1v) is 38.4. The van der Waals surface area contributed by atoms with E-state index in [-0.39, 0.29) is 74.9 Å². The highest BCUT2D eigenvalue weighted by Crippen LogP contribution is 2.42. The summed E-state index contributed by atoms with van der Waals surface area (Å²) < 4.78 is 52.6. The topological polar surface area (TPSA) is 230 Å². The average Bonchev–Trinajstić information content (AvgIpc) is 1.35. The lowest BCUT2D eigenvalue weighted by molar-refractivity contribution is -0.140. The maximum absolute atomic E-state index is 13.9. The molecule has 8 atom stereocenters. The fraction of sp³-hybridized carbons (Fsp3) is 0.470. The number of carboxylic acid groups (broad SMARTS) is 1. The number of thiophene rings is 1. The third-order valence-electron chi connectivity index (χ3n) is 20.2. The van der Waals surface area contributed by atoms with E-state index in [4.69, 9.17) is 51.6 Å². The minimum Gasteiger partial charge on any atom is -0.495 e. The number of aryl methyl sites for hydroxylation is 4. The van der Waals surface area contributed by atoms with Gasteiger partial charge in [-0.15, -0.1) is 34.3 Å². The second-order valence-corrected chi connectivity index (χ2v) is 30.8. The van der Waals surface area contributed by atoms with Gasteiger partial charge < -0.3 is 48.5 Å². The van der Waals surface area contributed by atoms with E-state index in [0.717, 1.165) is 143 Å². The highest BCUT2D eigenvalue weighted by atomic mass is 35.5. The van der Waals surface area contributed by atoms with Crippen molar-refractivity contribution in [1.29, 1.82) is 5.26 Å². The molecule has 0 aliphatic heterocycles. The number of carbonyl (C=O) groups excluding carboxylic acids is 3. The molecule has 2 heterocycles. The van der Waals surface area contributed by atoms with Crippen molar-refractivity contribution in [3.8, 4) is 29.1 Å². The average molecular weight is 1500 g/mol. The normalized spacial score (nSPS) is 18.6. The van der Waals surface area contributed by atoms with Crippen molar-refractivity contribution >= 4 is 69.6 Å². The molecule has 0 amide bonds. The van der Waals surface area contributed by atoms with E-state index in [0.29, 0.717) is 81.0 Å². The Balaban J connectivity index is 0.000000198. The van der Waals surface area contributed by atoms with Gasteiger partial charge in [0.2, 0.25) is 5.95 Å². The molecular formula is C83H99Cl2FN2O14S2. The van der Waals surface area contributed by atoms with Crippen LogP contribution >= 0.6 is 45.9 Å². The molecule has 0 saturated heterocycles. The first-order chi connectivity index (χ1) is 50.1. The van der Waals surface area contributed by atoms with Crippen molar-refractivity contribution in [1.82, 2.24) is 4.98 Å². The molecule has 7 aromatic rings. The van der Waals surface area contributed by atoms with Crippen LogP contribution in [0.3, 0.4) is 0 Å². The number of halogens is 3. The van der Waals surface area contributed by atoms with Crippen molar-refractivity contribution in [2.24, 2.45) is 35.5 Å². The maximum Gasteiger partial charge on any atom is 0.352 e. The predicted molar refractivity (Wildman–Crippen MR) is 405 cm³/mol. The number of ether oxygens (including phenoxy) is 7. The van der Waals surface area contributed by atoms with E-state index in [2.05, 4.69) is 73.0 Å². The summed E-state index contributed by atoms with van der Waals surface area (Å²) in [6.07, 6.45) is 14.2. The number of carbonyl (C=O) groups is 4. The second kappa shape index (κ2) is 40.7. The van der Waals surface area contributed by atoms with Crippen LogP contribution in [0.4, 0.5) is 4.39 Å². The van der Waals surface area contributed by atoms with Gasteiger partial charge in [-0.05, 0) is 195 Å². The van der Waals surface area contributed by atoms with Crippen LogP contribution in [0.2, 0.25) is 0 Å². The highest BCUT2D eigenvalue weighted by molar-refractivity contribution is 7.14. The zero-order chi connectivity index (χ0) is 74.9. The number of allylic oxidation sites excluding steroid dienone is 1. The summed E-state index contributed by atoms with van der Waals surface area (Å²) in [5.74, 6) is 1.09. The minimum atomic E-state index is -0.997. The molecule has 104 heavy (non-hydrogen) atoms. The molecule has 16 nitrogen and oxygen atoms in total. The summed E-state index contributed by atoms with van der Waals surface area (Å²) in [6, 6.07) is 40.0. The number of alkyl halides is 1. The van der Waals surface area contributed by atoms with Crippen LogP contribution in [0.1, 0.15) is 183 Å². The fourth-order valence-corrected chi connectivity index (χ4v) is 16.6. The number of nitrogens with zero attached hydrogens (tertiary/aromatic N) is 2. The van der Waals surface area contributed by atoms with Crippen molar-refractivity contribution in [3.05, 3.63) is 202 Å². The number of carboxylic acids is 1. The number of rotatable bonds is 34. The molecule has 21 heteroatoms. The number of aliphatic hydroxyl groups is 2. The van der Waals surface area contributed by atoms with Crippen LogP contribution in [-0.2, 0) is 61.5 Å². The first-order valence-electron chi connectivity index (χ1n) is 35.9. The number of methoxy groups -OCH3 is 3.